The third-order valence-corrected chi connectivity index (χ3v) is 6.21. The van der Waals surface area contributed by atoms with Gasteiger partial charge < -0.3 is 10.2 Å². The highest BCUT2D eigenvalue weighted by Crippen LogP contribution is 2.28. The highest BCUT2D eigenvalue weighted by atomic mass is 35.5. The first-order valence-electron chi connectivity index (χ1n) is 10.7. The SMILES string of the molecule is C[C@H](O)c1nc(Cn2cc(-c3ccc(Cl)cc3)n(CC(O)C(F)(F)F)c2=O)nn1-c1ccc(Cl)cc1Cl. The number of benzene rings is 2. The molecular formula is C23H19Cl3F3N5O3. The minimum absolute atomic E-state index is 0.0835. The molecule has 2 heterocycles. The molecule has 0 radical (unpaired) electrons. The van der Waals surface area contributed by atoms with Gasteiger partial charge in [-0.15, -0.1) is 5.10 Å². The highest BCUT2D eigenvalue weighted by Gasteiger charge is 2.39. The van der Waals surface area contributed by atoms with E-state index in [1.54, 1.807) is 24.3 Å². The van der Waals surface area contributed by atoms with Gasteiger partial charge in [0.2, 0.25) is 0 Å². The molecule has 0 aliphatic rings. The van der Waals surface area contributed by atoms with E-state index in [2.05, 4.69) is 10.1 Å². The van der Waals surface area contributed by atoms with E-state index >= 15 is 0 Å². The number of aromatic nitrogens is 5. The Labute approximate surface area is 223 Å². The first-order chi connectivity index (χ1) is 17.3. The van der Waals surface area contributed by atoms with Crippen LogP contribution in [-0.4, -0.2) is 46.4 Å². The fourth-order valence-electron chi connectivity index (χ4n) is 3.64. The van der Waals surface area contributed by atoms with Crippen molar-refractivity contribution >= 4 is 34.8 Å². The van der Waals surface area contributed by atoms with Crippen molar-refractivity contribution in [3.05, 3.63) is 85.9 Å². The first kappa shape index (κ1) is 27.2. The smallest absolute Gasteiger partial charge is 0.385 e. The Hall–Kier alpha value is -2.83. The monoisotopic (exact) mass is 575 g/mol. The largest absolute Gasteiger partial charge is 0.416 e. The molecule has 0 amide bonds. The summed E-state index contributed by atoms with van der Waals surface area (Å²) in [5, 5.41) is 25.3. The van der Waals surface area contributed by atoms with Gasteiger partial charge in [0.25, 0.3) is 0 Å². The number of halogens is 6. The van der Waals surface area contributed by atoms with Gasteiger partial charge >= 0.3 is 11.9 Å². The lowest BCUT2D eigenvalue weighted by molar-refractivity contribution is -0.207. The van der Waals surface area contributed by atoms with E-state index in [4.69, 9.17) is 34.8 Å². The Bertz CT molecular complexity index is 1480. The first-order valence-corrected chi connectivity index (χ1v) is 11.9. The normalized spacial score (nSPS) is 13.6. The van der Waals surface area contributed by atoms with Gasteiger partial charge in [0.1, 0.15) is 6.10 Å². The van der Waals surface area contributed by atoms with Crippen molar-refractivity contribution in [2.45, 2.75) is 38.4 Å². The van der Waals surface area contributed by atoms with Crippen LogP contribution in [-0.2, 0) is 13.1 Å². The second kappa shape index (κ2) is 10.5. The zero-order valence-corrected chi connectivity index (χ0v) is 21.3. The Morgan fingerprint density at radius 1 is 1.03 bits per heavy atom. The topological polar surface area (TPSA) is 98.1 Å². The van der Waals surface area contributed by atoms with Crippen LogP contribution in [0, 0.1) is 0 Å². The van der Waals surface area contributed by atoms with Crippen LogP contribution >= 0.6 is 34.8 Å². The molecule has 2 N–H and O–H groups in total. The molecule has 0 saturated carbocycles. The Kier molecular flexibility index (Phi) is 7.72. The third-order valence-electron chi connectivity index (χ3n) is 5.42. The molecule has 2 aromatic carbocycles. The summed E-state index contributed by atoms with van der Waals surface area (Å²) in [7, 11) is 0. The molecule has 0 saturated heterocycles. The molecule has 0 spiro atoms. The van der Waals surface area contributed by atoms with Crippen LogP contribution < -0.4 is 5.69 Å². The van der Waals surface area contributed by atoms with E-state index in [0.717, 1.165) is 9.13 Å². The molecule has 0 aliphatic carbocycles. The maximum Gasteiger partial charge on any atom is 0.416 e. The van der Waals surface area contributed by atoms with Crippen LogP contribution in [0.25, 0.3) is 16.9 Å². The van der Waals surface area contributed by atoms with E-state index in [9.17, 15) is 28.2 Å². The molecule has 4 aromatic rings. The average molecular weight is 577 g/mol. The minimum Gasteiger partial charge on any atom is -0.385 e. The van der Waals surface area contributed by atoms with E-state index in [-0.39, 0.29) is 28.9 Å². The molecule has 2 atom stereocenters. The molecule has 2 aromatic heterocycles. The van der Waals surface area contributed by atoms with Crippen molar-refractivity contribution in [2.24, 2.45) is 0 Å². The molecule has 1 unspecified atom stereocenters. The van der Waals surface area contributed by atoms with Crippen molar-refractivity contribution in [2.75, 3.05) is 0 Å². The van der Waals surface area contributed by atoms with Crippen molar-refractivity contribution in [1.82, 2.24) is 23.9 Å². The summed E-state index contributed by atoms with van der Waals surface area (Å²) in [6, 6.07) is 10.8. The predicted molar refractivity (Wildman–Crippen MR) is 132 cm³/mol. The molecule has 0 aliphatic heterocycles. The number of aliphatic hydroxyl groups excluding tert-OH is 2. The van der Waals surface area contributed by atoms with Crippen LogP contribution in [0.4, 0.5) is 13.2 Å². The summed E-state index contributed by atoms with van der Waals surface area (Å²) in [5.41, 5.74) is 0.0835. The minimum atomic E-state index is -4.93. The molecule has 14 heteroatoms. The summed E-state index contributed by atoms with van der Waals surface area (Å²) in [5.74, 6) is 0.206. The molecule has 196 valence electrons. The Morgan fingerprint density at radius 3 is 2.27 bits per heavy atom. The molecular weight excluding hydrogens is 558 g/mol. The standard InChI is InChI=1S/C23H19Cl3F3N5O3/c1-12(35)21-30-20(31-34(21)17-7-6-15(25)8-16(17)26)11-32-9-18(13-2-4-14(24)5-3-13)33(22(32)37)10-19(36)23(27,28)29/h2-9,12,19,35-36H,10-11H2,1H3/t12-,19?/m0/s1. The van der Waals surface area contributed by atoms with Crippen LogP contribution in [0.5, 0.6) is 0 Å². The lowest BCUT2D eigenvalue weighted by Gasteiger charge is -2.16. The zero-order valence-electron chi connectivity index (χ0n) is 19.0. The fourth-order valence-corrected chi connectivity index (χ4v) is 4.25. The quantitative estimate of drug-likeness (QED) is 0.327. The van der Waals surface area contributed by atoms with E-state index in [1.165, 1.54) is 36.0 Å². The molecule has 4 rings (SSSR count). The van der Waals surface area contributed by atoms with Crippen molar-refractivity contribution in [3.63, 3.8) is 0 Å². The zero-order chi connectivity index (χ0) is 27.1. The van der Waals surface area contributed by atoms with E-state index < -0.39 is 30.6 Å². The maximum atomic E-state index is 13.2. The summed E-state index contributed by atoms with van der Waals surface area (Å²) < 4.78 is 42.5. The van der Waals surface area contributed by atoms with Gasteiger partial charge in [-0.05, 0) is 42.8 Å². The number of hydrogen-bond donors (Lipinski definition) is 2. The van der Waals surface area contributed by atoms with Gasteiger partial charge in [0.05, 0.1) is 29.5 Å². The summed E-state index contributed by atoms with van der Waals surface area (Å²) in [6.45, 7) is 0.203. The van der Waals surface area contributed by atoms with Gasteiger partial charge in [-0.2, -0.15) is 13.2 Å². The summed E-state index contributed by atoms with van der Waals surface area (Å²) in [6.07, 6.45) is -7.42. The highest BCUT2D eigenvalue weighted by molar-refractivity contribution is 6.35. The number of hydrogen-bond acceptors (Lipinski definition) is 5. The third kappa shape index (κ3) is 5.86. The average Bonchev–Trinajstić information content (AvgIpc) is 3.36. The molecule has 37 heavy (non-hydrogen) atoms. The van der Waals surface area contributed by atoms with Crippen molar-refractivity contribution in [1.29, 1.82) is 0 Å². The Morgan fingerprint density at radius 2 is 1.68 bits per heavy atom. The van der Waals surface area contributed by atoms with Crippen LogP contribution in [0.15, 0.2) is 53.5 Å². The molecule has 0 bridgehead atoms. The van der Waals surface area contributed by atoms with Crippen LogP contribution in [0.3, 0.4) is 0 Å². The Balaban J connectivity index is 1.78. The van der Waals surface area contributed by atoms with E-state index in [0.29, 0.717) is 21.3 Å². The van der Waals surface area contributed by atoms with Gasteiger partial charge in [0.15, 0.2) is 17.8 Å². The van der Waals surface area contributed by atoms with Gasteiger partial charge in [-0.1, -0.05) is 46.9 Å². The number of aliphatic hydroxyl groups is 2. The number of nitrogens with zero attached hydrogens (tertiary/aromatic N) is 5. The fraction of sp³-hybridized carbons (Fsp3) is 0.261. The van der Waals surface area contributed by atoms with E-state index in [1.807, 2.05) is 0 Å². The van der Waals surface area contributed by atoms with Gasteiger partial charge in [0, 0.05) is 16.2 Å². The number of imidazole rings is 1. The summed E-state index contributed by atoms with van der Waals surface area (Å²) >= 11 is 18.2. The molecule has 8 nitrogen and oxygen atoms in total. The lowest BCUT2D eigenvalue weighted by Crippen LogP contribution is -2.37. The number of alkyl halides is 3. The van der Waals surface area contributed by atoms with Gasteiger partial charge in [-0.25, -0.2) is 14.5 Å². The predicted octanol–water partition coefficient (Wildman–Crippen LogP) is 4.88. The maximum absolute atomic E-state index is 13.2. The number of rotatable bonds is 7. The second-order valence-electron chi connectivity index (χ2n) is 8.17. The van der Waals surface area contributed by atoms with Crippen LogP contribution in [0.1, 0.15) is 24.7 Å². The van der Waals surface area contributed by atoms with Gasteiger partial charge in [-0.3, -0.25) is 9.13 Å². The van der Waals surface area contributed by atoms with Crippen molar-refractivity contribution < 1.29 is 23.4 Å². The lowest BCUT2D eigenvalue weighted by atomic mass is 10.1. The van der Waals surface area contributed by atoms with Crippen LogP contribution in [0.2, 0.25) is 15.1 Å². The molecule has 0 fully saturated rings. The second-order valence-corrected chi connectivity index (χ2v) is 9.45. The van der Waals surface area contributed by atoms with Crippen molar-refractivity contribution in [3.8, 4) is 16.9 Å². The summed E-state index contributed by atoms with van der Waals surface area (Å²) in [4.78, 5) is 17.5.